The molecule has 1 heterocycles. The van der Waals surface area contributed by atoms with Crippen molar-refractivity contribution in [1.82, 2.24) is 4.98 Å². The van der Waals surface area contributed by atoms with E-state index in [-0.39, 0.29) is 11.5 Å². The van der Waals surface area contributed by atoms with Crippen LogP contribution in [0.2, 0.25) is 0 Å². The third-order valence-electron chi connectivity index (χ3n) is 3.31. The molecule has 0 saturated carbocycles. The second kappa shape index (κ2) is 5.33. The highest BCUT2D eigenvalue weighted by Crippen LogP contribution is 2.36. The largest absolute Gasteiger partial charge is 0.504 e. The summed E-state index contributed by atoms with van der Waals surface area (Å²) < 4.78 is 5.83. The molecule has 0 saturated heterocycles. The van der Waals surface area contributed by atoms with Gasteiger partial charge < -0.3 is 14.9 Å². The van der Waals surface area contributed by atoms with E-state index in [9.17, 15) is 10.2 Å². The third-order valence-corrected chi connectivity index (χ3v) is 3.31. The van der Waals surface area contributed by atoms with Crippen LogP contribution in [0.15, 0.2) is 47.7 Å². The number of pyridine rings is 1. The molecule has 0 amide bonds. The van der Waals surface area contributed by atoms with Crippen molar-refractivity contribution < 1.29 is 14.9 Å². The number of aromatic hydroxyl groups is 2. The van der Waals surface area contributed by atoms with E-state index in [1.807, 2.05) is 6.92 Å². The first-order valence-corrected chi connectivity index (χ1v) is 6.55. The fourth-order valence-corrected chi connectivity index (χ4v) is 2.18. The Kier molecular flexibility index (Phi) is 3.34. The van der Waals surface area contributed by atoms with E-state index in [4.69, 9.17) is 10.3 Å². The van der Waals surface area contributed by atoms with Gasteiger partial charge in [-0.05, 0) is 42.8 Å². The topological polar surface area (TPSA) is 98.8 Å². The van der Waals surface area contributed by atoms with E-state index in [0.29, 0.717) is 28.1 Å². The van der Waals surface area contributed by atoms with Crippen molar-refractivity contribution in [1.29, 1.82) is 5.53 Å². The van der Waals surface area contributed by atoms with Gasteiger partial charge in [-0.1, -0.05) is 0 Å². The average Bonchev–Trinajstić information content (AvgIpc) is 2.49. The molecule has 2 aromatic carbocycles. The number of hydrogen-bond acceptors (Lipinski definition) is 6. The zero-order valence-electron chi connectivity index (χ0n) is 11.7. The Bertz CT molecular complexity index is 878. The van der Waals surface area contributed by atoms with E-state index >= 15 is 0 Å². The van der Waals surface area contributed by atoms with Crippen LogP contribution < -0.4 is 4.74 Å². The molecule has 0 atom stereocenters. The lowest BCUT2D eigenvalue weighted by atomic mass is 10.1. The molecule has 0 aliphatic carbocycles. The predicted octanol–water partition coefficient (Wildman–Crippen LogP) is 4.41. The van der Waals surface area contributed by atoms with Gasteiger partial charge in [0.1, 0.15) is 11.5 Å². The predicted molar refractivity (Wildman–Crippen MR) is 81.1 cm³/mol. The van der Waals surface area contributed by atoms with E-state index in [1.165, 1.54) is 12.1 Å². The van der Waals surface area contributed by atoms with Gasteiger partial charge in [0, 0.05) is 17.6 Å². The molecule has 110 valence electrons. The molecule has 0 radical (unpaired) electrons. The van der Waals surface area contributed by atoms with Crippen molar-refractivity contribution >= 4 is 16.6 Å². The Hall–Kier alpha value is -3.15. The highest BCUT2D eigenvalue weighted by molar-refractivity contribution is 5.88. The normalized spacial score (nSPS) is 10.6. The molecule has 0 aliphatic heterocycles. The number of phenolic OH excluding ortho intramolecular Hbond substituents is 2. The summed E-state index contributed by atoms with van der Waals surface area (Å²) in [5, 5.41) is 23.2. The fourth-order valence-electron chi connectivity index (χ4n) is 2.18. The van der Waals surface area contributed by atoms with Crippen LogP contribution in [0.4, 0.5) is 5.69 Å². The maximum atomic E-state index is 9.65. The summed E-state index contributed by atoms with van der Waals surface area (Å²) in [6.45, 7) is 1.84. The molecule has 6 nitrogen and oxygen atoms in total. The lowest BCUT2D eigenvalue weighted by Crippen LogP contribution is -1.88. The third kappa shape index (κ3) is 2.42. The maximum Gasteiger partial charge on any atom is 0.159 e. The molecule has 3 N–H and O–H groups in total. The molecule has 0 aliphatic rings. The van der Waals surface area contributed by atoms with Gasteiger partial charge >= 0.3 is 0 Å². The quantitative estimate of drug-likeness (QED) is 0.492. The minimum Gasteiger partial charge on any atom is -0.504 e. The van der Waals surface area contributed by atoms with Crippen molar-refractivity contribution in [2.75, 3.05) is 0 Å². The number of rotatable bonds is 3. The zero-order chi connectivity index (χ0) is 15.7. The van der Waals surface area contributed by atoms with Gasteiger partial charge in [0.15, 0.2) is 11.5 Å². The summed E-state index contributed by atoms with van der Waals surface area (Å²) in [4.78, 5) is 4.14. The van der Waals surface area contributed by atoms with Gasteiger partial charge in [0.05, 0.1) is 11.2 Å². The van der Waals surface area contributed by atoms with Gasteiger partial charge in [-0.25, -0.2) is 5.53 Å². The van der Waals surface area contributed by atoms with Crippen LogP contribution in [0, 0.1) is 12.5 Å². The molecule has 22 heavy (non-hydrogen) atoms. The second-order valence-corrected chi connectivity index (χ2v) is 4.83. The van der Waals surface area contributed by atoms with Gasteiger partial charge in [-0.2, -0.15) is 5.11 Å². The van der Waals surface area contributed by atoms with Crippen LogP contribution in [-0.2, 0) is 0 Å². The van der Waals surface area contributed by atoms with Crippen molar-refractivity contribution in [3.8, 4) is 23.0 Å². The Morgan fingerprint density at radius 3 is 2.59 bits per heavy atom. The lowest BCUT2D eigenvalue weighted by molar-refractivity contribution is 0.404. The Morgan fingerprint density at radius 2 is 1.86 bits per heavy atom. The number of hydrogen-bond donors (Lipinski definition) is 3. The number of fused-ring (bicyclic) bond motifs is 1. The van der Waals surface area contributed by atoms with Gasteiger partial charge in [0.2, 0.25) is 0 Å². The summed E-state index contributed by atoms with van der Waals surface area (Å²) in [5.74, 6) is 0.638. The molecule has 6 heteroatoms. The van der Waals surface area contributed by atoms with Gasteiger partial charge in [-0.3, -0.25) is 4.98 Å². The number of benzene rings is 2. The number of ether oxygens (including phenoxy) is 1. The number of aromatic nitrogens is 1. The first-order chi connectivity index (χ1) is 10.6. The molecule has 0 unspecified atom stereocenters. The van der Waals surface area contributed by atoms with Crippen molar-refractivity contribution in [2.24, 2.45) is 5.11 Å². The molecule has 0 bridgehead atoms. The summed E-state index contributed by atoms with van der Waals surface area (Å²) in [5.41, 5.74) is 8.97. The fraction of sp³-hybridized carbons (Fsp3) is 0.0625. The zero-order valence-corrected chi connectivity index (χ0v) is 11.7. The van der Waals surface area contributed by atoms with Gasteiger partial charge in [0.25, 0.3) is 0 Å². The molecule has 3 aromatic rings. The Balaban J connectivity index is 2.05. The minimum absolute atomic E-state index is 0.227. The molecule has 0 spiro atoms. The van der Waals surface area contributed by atoms with E-state index in [0.717, 1.165) is 5.56 Å². The monoisotopic (exact) mass is 295 g/mol. The average molecular weight is 295 g/mol. The highest BCUT2D eigenvalue weighted by Gasteiger charge is 2.09. The first-order valence-electron chi connectivity index (χ1n) is 6.55. The number of phenols is 2. The molecular weight excluding hydrogens is 282 g/mol. The summed E-state index contributed by atoms with van der Waals surface area (Å²) in [6, 6.07) is 9.66. The summed E-state index contributed by atoms with van der Waals surface area (Å²) in [7, 11) is 0. The number of aryl methyl sites for hydroxylation is 1. The molecule has 1 aromatic heterocycles. The van der Waals surface area contributed by atoms with E-state index < -0.39 is 0 Å². The minimum atomic E-state index is -0.232. The summed E-state index contributed by atoms with van der Waals surface area (Å²) >= 11 is 0. The van der Waals surface area contributed by atoms with Gasteiger partial charge in [-0.15, -0.1) is 0 Å². The van der Waals surface area contributed by atoms with Crippen LogP contribution in [-0.4, -0.2) is 15.2 Å². The standard InChI is InChI=1S/C16H13N3O3/c1-9-6-10(2-3-12(9)19-17)22-16-4-5-18-13-8-15(21)14(20)7-11(13)16/h2-8,17,20-21H,1H3. The Morgan fingerprint density at radius 1 is 1.09 bits per heavy atom. The number of nitrogens with zero attached hydrogens (tertiary/aromatic N) is 2. The van der Waals surface area contributed by atoms with Crippen LogP contribution in [0.3, 0.4) is 0 Å². The van der Waals surface area contributed by atoms with Crippen molar-refractivity contribution in [3.05, 3.63) is 48.2 Å². The van der Waals surface area contributed by atoms with Crippen LogP contribution in [0.1, 0.15) is 5.56 Å². The van der Waals surface area contributed by atoms with Crippen LogP contribution in [0.25, 0.3) is 10.9 Å². The summed E-state index contributed by atoms with van der Waals surface area (Å²) in [6.07, 6.45) is 1.56. The van der Waals surface area contributed by atoms with E-state index in [1.54, 1.807) is 30.5 Å². The first kappa shape index (κ1) is 13.8. The SMILES string of the molecule is Cc1cc(Oc2ccnc3cc(O)c(O)cc23)ccc1N=N. The van der Waals surface area contributed by atoms with Crippen molar-refractivity contribution in [2.45, 2.75) is 6.92 Å². The molecule has 0 fully saturated rings. The lowest BCUT2D eigenvalue weighted by Gasteiger charge is -2.10. The molecule has 3 rings (SSSR count). The van der Waals surface area contributed by atoms with Crippen LogP contribution in [0.5, 0.6) is 23.0 Å². The highest BCUT2D eigenvalue weighted by atomic mass is 16.5. The van der Waals surface area contributed by atoms with Crippen molar-refractivity contribution in [3.63, 3.8) is 0 Å². The smallest absolute Gasteiger partial charge is 0.159 e. The van der Waals surface area contributed by atoms with Crippen LogP contribution >= 0.6 is 0 Å². The Labute approximate surface area is 126 Å². The van der Waals surface area contributed by atoms with E-state index in [2.05, 4.69) is 10.1 Å². The second-order valence-electron chi connectivity index (χ2n) is 4.83. The molecular formula is C16H13N3O3. The number of nitrogens with one attached hydrogen (secondary N) is 1. The maximum absolute atomic E-state index is 9.65.